The quantitative estimate of drug-likeness (QED) is 0.672. The average molecular weight is 421 g/mol. The Labute approximate surface area is 186 Å². The van der Waals surface area contributed by atoms with E-state index >= 15 is 0 Å². The van der Waals surface area contributed by atoms with E-state index in [0.717, 1.165) is 57.2 Å². The number of hydrogen-bond acceptors (Lipinski definition) is 3. The van der Waals surface area contributed by atoms with E-state index in [0.29, 0.717) is 11.9 Å². The summed E-state index contributed by atoms with van der Waals surface area (Å²) in [6.07, 6.45) is 8.74. The summed E-state index contributed by atoms with van der Waals surface area (Å²) in [4.78, 5) is 23.2. The van der Waals surface area contributed by atoms with Gasteiger partial charge in [0.25, 0.3) is 0 Å². The number of nitrogens with zero attached hydrogens (tertiary/aromatic N) is 4. The summed E-state index contributed by atoms with van der Waals surface area (Å²) in [6, 6.07) is 9.37. The highest BCUT2D eigenvalue weighted by Gasteiger charge is 2.58. The first-order valence-electron chi connectivity index (χ1n) is 12.1. The molecule has 166 valence electrons. The van der Waals surface area contributed by atoms with Crippen LogP contribution < -0.4 is 0 Å². The number of amides is 1. The highest BCUT2D eigenvalue weighted by atomic mass is 16.2. The fourth-order valence-corrected chi connectivity index (χ4v) is 5.57. The molecule has 0 unspecified atom stereocenters. The van der Waals surface area contributed by atoms with Crippen molar-refractivity contribution in [3.8, 4) is 0 Å². The normalized spacial score (nSPS) is 26.6. The molecule has 2 atom stereocenters. The summed E-state index contributed by atoms with van der Waals surface area (Å²) < 4.78 is 2.18. The lowest BCUT2D eigenvalue weighted by atomic mass is 9.75. The second-order valence-corrected chi connectivity index (χ2v) is 10.3. The standard InChI is InChI=1S/C26H36N4O/c1-4-20-5-7-21(8-6-20)13-28-15-23(24-16-30(18-27-24)19(2)3)26(17-28)11-12-29(25(26)31)14-22-9-10-22/h5-8,16,18-19,22-23H,4,9-15,17H2,1-3H3/t23-,26-/m1/s1. The minimum Gasteiger partial charge on any atom is -0.342 e. The summed E-state index contributed by atoms with van der Waals surface area (Å²) in [6.45, 7) is 11.1. The summed E-state index contributed by atoms with van der Waals surface area (Å²) in [5, 5.41) is 0. The van der Waals surface area contributed by atoms with Crippen molar-refractivity contribution in [3.05, 3.63) is 53.6 Å². The van der Waals surface area contributed by atoms with Crippen LogP contribution in [0.2, 0.25) is 0 Å². The first-order chi connectivity index (χ1) is 15.0. The maximum absolute atomic E-state index is 13.8. The van der Waals surface area contributed by atoms with Crippen LogP contribution in [0, 0.1) is 11.3 Å². The fraction of sp³-hybridized carbons (Fsp3) is 0.615. The van der Waals surface area contributed by atoms with Gasteiger partial charge < -0.3 is 9.47 Å². The molecule has 31 heavy (non-hydrogen) atoms. The van der Waals surface area contributed by atoms with Crippen LogP contribution in [0.4, 0.5) is 0 Å². The molecule has 2 aliphatic heterocycles. The molecule has 1 aromatic heterocycles. The van der Waals surface area contributed by atoms with Gasteiger partial charge in [0.15, 0.2) is 0 Å². The molecule has 5 rings (SSSR count). The van der Waals surface area contributed by atoms with Crippen LogP contribution in [0.3, 0.4) is 0 Å². The van der Waals surface area contributed by atoms with E-state index in [1.165, 1.54) is 24.0 Å². The third-order valence-electron chi connectivity index (χ3n) is 7.74. The molecule has 3 fully saturated rings. The summed E-state index contributed by atoms with van der Waals surface area (Å²) in [5.74, 6) is 1.30. The highest BCUT2D eigenvalue weighted by Crippen LogP contribution is 2.50. The average Bonchev–Trinajstić information content (AvgIpc) is 3.19. The number of hydrogen-bond donors (Lipinski definition) is 0. The number of rotatable bonds is 7. The zero-order valence-corrected chi connectivity index (χ0v) is 19.3. The molecule has 3 heterocycles. The maximum atomic E-state index is 13.8. The number of likely N-dealkylation sites (tertiary alicyclic amines) is 2. The number of imidazole rings is 1. The molecule has 1 aliphatic carbocycles. The Balaban J connectivity index is 1.40. The molecule has 1 saturated carbocycles. The second kappa shape index (κ2) is 8.09. The molecule has 3 aliphatic rings. The summed E-state index contributed by atoms with van der Waals surface area (Å²) in [5.41, 5.74) is 3.49. The fourth-order valence-electron chi connectivity index (χ4n) is 5.57. The monoisotopic (exact) mass is 420 g/mol. The summed E-state index contributed by atoms with van der Waals surface area (Å²) >= 11 is 0. The van der Waals surface area contributed by atoms with Crippen molar-refractivity contribution in [1.29, 1.82) is 0 Å². The lowest BCUT2D eigenvalue weighted by molar-refractivity contribution is -0.136. The van der Waals surface area contributed by atoms with Gasteiger partial charge in [0.2, 0.25) is 5.91 Å². The van der Waals surface area contributed by atoms with E-state index in [4.69, 9.17) is 4.98 Å². The molecule has 0 radical (unpaired) electrons. The molecule has 2 saturated heterocycles. The van der Waals surface area contributed by atoms with E-state index in [1.807, 2.05) is 6.33 Å². The Morgan fingerprint density at radius 3 is 2.55 bits per heavy atom. The van der Waals surface area contributed by atoms with E-state index in [1.54, 1.807) is 0 Å². The van der Waals surface area contributed by atoms with Crippen LogP contribution in [0.25, 0.3) is 0 Å². The number of aryl methyl sites for hydroxylation is 1. The molecule has 1 aromatic carbocycles. The number of carbonyl (C=O) groups excluding carboxylic acids is 1. The van der Waals surface area contributed by atoms with Crippen molar-refractivity contribution in [1.82, 2.24) is 19.4 Å². The van der Waals surface area contributed by atoms with Crippen molar-refractivity contribution >= 4 is 5.91 Å². The van der Waals surface area contributed by atoms with Crippen LogP contribution in [0.1, 0.15) is 68.8 Å². The van der Waals surface area contributed by atoms with Crippen LogP contribution >= 0.6 is 0 Å². The van der Waals surface area contributed by atoms with Crippen LogP contribution in [0.5, 0.6) is 0 Å². The minimum absolute atomic E-state index is 0.180. The molecule has 5 heteroatoms. The van der Waals surface area contributed by atoms with Gasteiger partial charge in [0.05, 0.1) is 17.4 Å². The van der Waals surface area contributed by atoms with Gasteiger partial charge >= 0.3 is 0 Å². The van der Waals surface area contributed by atoms with Gasteiger partial charge in [-0.1, -0.05) is 31.2 Å². The van der Waals surface area contributed by atoms with Crippen molar-refractivity contribution in [2.75, 3.05) is 26.2 Å². The van der Waals surface area contributed by atoms with Gasteiger partial charge in [-0.2, -0.15) is 0 Å². The molecular weight excluding hydrogens is 384 g/mol. The number of carbonyl (C=O) groups is 1. The van der Waals surface area contributed by atoms with Gasteiger partial charge in [0.1, 0.15) is 0 Å². The highest BCUT2D eigenvalue weighted by molar-refractivity contribution is 5.87. The smallest absolute Gasteiger partial charge is 0.230 e. The first-order valence-corrected chi connectivity index (χ1v) is 12.1. The molecular formula is C26H36N4O. The summed E-state index contributed by atoms with van der Waals surface area (Å²) in [7, 11) is 0. The van der Waals surface area contributed by atoms with Gasteiger partial charge in [-0.25, -0.2) is 4.98 Å². The molecule has 5 nitrogen and oxygen atoms in total. The van der Waals surface area contributed by atoms with Gasteiger partial charge in [-0.05, 0) is 56.6 Å². The van der Waals surface area contributed by atoms with Crippen molar-refractivity contribution in [3.63, 3.8) is 0 Å². The Morgan fingerprint density at radius 2 is 1.90 bits per heavy atom. The lowest BCUT2D eigenvalue weighted by Crippen LogP contribution is -2.40. The van der Waals surface area contributed by atoms with E-state index < -0.39 is 0 Å². The maximum Gasteiger partial charge on any atom is 0.230 e. The molecule has 0 N–H and O–H groups in total. The van der Waals surface area contributed by atoms with Gasteiger partial charge in [0, 0.05) is 50.9 Å². The topological polar surface area (TPSA) is 41.4 Å². The van der Waals surface area contributed by atoms with Gasteiger partial charge in [-0.15, -0.1) is 0 Å². The largest absolute Gasteiger partial charge is 0.342 e. The third kappa shape index (κ3) is 3.93. The van der Waals surface area contributed by atoms with Crippen LogP contribution in [-0.4, -0.2) is 51.4 Å². The Bertz CT molecular complexity index is 929. The predicted octanol–water partition coefficient (Wildman–Crippen LogP) is 4.25. The van der Waals surface area contributed by atoms with Crippen molar-refractivity contribution in [2.45, 2.75) is 65.0 Å². The first kappa shape index (κ1) is 20.7. The number of benzene rings is 1. The van der Waals surface area contributed by atoms with Gasteiger partial charge in [-0.3, -0.25) is 9.69 Å². The minimum atomic E-state index is -0.311. The van der Waals surface area contributed by atoms with Crippen molar-refractivity contribution in [2.24, 2.45) is 11.3 Å². The Morgan fingerprint density at radius 1 is 1.16 bits per heavy atom. The van der Waals surface area contributed by atoms with Crippen molar-refractivity contribution < 1.29 is 4.79 Å². The Kier molecular flexibility index (Phi) is 5.41. The van der Waals surface area contributed by atoms with E-state index in [2.05, 4.69) is 65.6 Å². The lowest BCUT2D eigenvalue weighted by Gasteiger charge is -2.28. The zero-order valence-electron chi connectivity index (χ0n) is 19.3. The van der Waals surface area contributed by atoms with E-state index in [9.17, 15) is 4.79 Å². The Hall–Kier alpha value is -2.14. The number of aromatic nitrogens is 2. The van der Waals surface area contributed by atoms with Crippen LogP contribution in [0.15, 0.2) is 36.8 Å². The second-order valence-electron chi connectivity index (χ2n) is 10.3. The molecule has 1 spiro atoms. The molecule has 0 bridgehead atoms. The predicted molar refractivity (Wildman–Crippen MR) is 123 cm³/mol. The van der Waals surface area contributed by atoms with Crippen LogP contribution in [-0.2, 0) is 17.8 Å². The third-order valence-corrected chi connectivity index (χ3v) is 7.74. The SMILES string of the molecule is CCc1ccc(CN2C[C@H](c3cn(C(C)C)cn3)[C@@]3(CCN(CC4CC4)C3=O)C2)cc1. The molecule has 1 amide bonds. The molecule has 2 aromatic rings. The van der Waals surface area contributed by atoms with E-state index in [-0.39, 0.29) is 11.3 Å². The zero-order chi connectivity index (χ0) is 21.6.